The Labute approximate surface area is 79.4 Å². The Morgan fingerprint density at radius 3 is 2.85 bits per heavy atom. The molecule has 0 bridgehead atoms. The minimum Gasteiger partial charge on any atom is -0.499 e. The van der Waals surface area contributed by atoms with E-state index in [1.807, 2.05) is 6.92 Å². The summed E-state index contributed by atoms with van der Waals surface area (Å²) in [4.78, 5) is 0. The van der Waals surface area contributed by atoms with Gasteiger partial charge in [-0.2, -0.15) is 0 Å². The van der Waals surface area contributed by atoms with Crippen LogP contribution in [0.4, 0.5) is 4.39 Å². The van der Waals surface area contributed by atoms with Crippen molar-refractivity contribution in [1.82, 2.24) is 0 Å². The summed E-state index contributed by atoms with van der Waals surface area (Å²) in [5.74, 6) is -0.234. The van der Waals surface area contributed by atoms with E-state index in [9.17, 15) is 9.50 Å². The van der Waals surface area contributed by atoms with Gasteiger partial charge in [0, 0.05) is 4.70 Å². The first-order chi connectivity index (χ1) is 6.20. The highest BCUT2D eigenvalue weighted by molar-refractivity contribution is 7.20. The highest BCUT2D eigenvalue weighted by Crippen LogP contribution is 2.33. The van der Waals surface area contributed by atoms with E-state index in [1.54, 1.807) is 6.07 Å². The maximum atomic E-state index is 13.0. The first-order valence-corrected chi connectivity index (χ1v) is 4.93. The third-order valence-corrected chi connectivity index (χ3v) is 3.05. The molecule has 0 amide bonds. The third kappa shape index (κ3) is 1.40. The Bertz CT molecular complexity index is 447. The van der Waals surface area contributed by atoms with Crippen LogP contribution in [-0.4, -0.2) is 5.11 Å². The maximum absolute atomic E-state index is 13.0. The smallest absolute Gasteiger partial charge is 0.172 e. The van der Waals surface area contributed by atoms with Gasteiger partial charge in [-0.05, 0) is 35.6 Å². The van der Waals surface area contributed by atoms with Gasteiger partial charge in [-0.3, -0.25) is 0 Å². The number of benzene rings is 1. The molecule has 2 rings (SSSR count). The lowest BCUT2D eigenvalue weighted by atomic mass is 10.1. The number of thiophene rings is 1. The van der Waals surface area contributed by atoms with Crippen molar-refractivity contribution in [2.24, 2.45) is 0 Å². The van der Waals surface area contributed by atoms with Gasteiger partial charge < -0.3 is 5.11 Å². The molecule has 3 heteroatoms. The van der Waals surface area contributed by atoms with E-state index < -0.39 is 0 Å². The minimum absolute atomic E-state index is 0.234. The van der Waals surface area contributed by atoms with Crippen molar-refractivity contribution < 1.29 is 9.50 Å². The number of hydrogen-bond donors (Lipinski definition) is 1. The quantitative estimate of drug-likeness (QED) is 0.741. The zero-order valence-corrected chi connectivity index (χ0v) is 7.99. The lowest BCUT2D eigenvalue weighted by Crippen LogP contribution is -1.82. The van der Waals surface area contributed by atoms with Crippen LogP contribution in [0.25, 0.3) is 10.1 Å². The summed E-state index contributed by atoms with van der Waals surface area (Å²) in [5.41, 5.74) is 0.959. The molecule has 0 aliphatic heterocycles. The molecule has 1 N–H and O–H groups in total. The molecule has 2 aromatic rings. The fraction of sp³-hybridized carbons (Fsp3) is 0.200. The normalized spacial score (nSPS) is 10.9. The van der Waals surface area contributed by atoms with Gasteiger partial charge >= 0.3 is 0 Å². The molecule has 1 nitrogen and oxygen atoms in total. The zero-order valence-electron chi connectivity index (χ0n) is 7.17. The molecule has 1 heterocycles. The summed E-state index contributed by atoms with van der Waals surface area (Å²) in [6.45, 7) is 1.98. The van der Waals surface area contributed by atoms with Gasteiger partial charge in [0.1, 0.15) is 5.82 Å². The monoisotopic (exact) mass is 196 g/mol. The van der Waals surface area contributed by atoms with Gasteiger partial charge in [-0.25, -0.2) is 4.39 Å². The van der Waals surface area contributed by atoms with E-state index in [2.05, 4.69) is 0 Å². The molecule has 13 heavy (non-hydrogen) atoms. The van der Waals surface area contributed by atoms with Gasteiger partial charge in [-0.1, -0.05) is 18.3 Å². The number of rotatable bonds is 1. The summed E-state index contributed by atoms with van der Waals surface area (Å²) in [7, 11) is 0. The van der Waals surface area contributed by atoms with Crippen LogP contribution in [0.15, 0.2) is 18.2 Å². The molecule has 0 aliphatic rings. The number of aryl methyl sites for hydroxylation is 1. The SMILES string of the molecule is CCc1cc(F)cc2cc(O)sc12. The molecule has 0 atom stereocenters. The van der Waals surface area contributed by atoms with Crippen molar-refractivity contribution in [3.63, 3.8) is 0 Å². The van der Waals surface area contributed by atoms with Crippen molar-refractivity contribution in [2.75, 3.05) is 0 Å². The van der Waals surface area contributed by atoms with E-state index >= 15 is 0 Å². The van der Waals surface area contributed by atoms with Gasteiger partial charge in [0.2, 0.25) is 0 Å². The van der Waals surface area contributed by atoms with Crippen molar-refractivity contribution in [3.05, 3.63) is 29.6 Å². The van der Waals surface area contributed by atoms with Crippen LogP contribution in [0.5, 0.6) is 5.06 Å². The molecule has 1 aromatic carbocycles. The van der Waals surface area contributed by atoms with Crippen LogP contribution < -0.4 is 0 Å². The summed E-state index contributed by atoms with van der Waals surface area (Å²) in [6, 6.07) is 4.57. The zero-order chi connectivity index (χ0) is 9.42. The average molecular weight is 196 g/mol. The molecule has 0 fully saturated rings. The molecule has 0 unspecified atom stereocenters. The topological polar surface area (TPSA) is 20.2 Å². The fourth-order valence-electron chi connectivity index (χ4n) is 1.43. The van der Waals surface area contributed by atoms with Gasteiger partial charge in [0.25, 0.3) is 0 Å². The molecule has 0 spiro atoms. The number of halogens is 1. The van der Waals surface area contributed by atoms with Crippen LogP contribution in [-0.2, 0) is 6.42 Å². The summed E-state index contributed by atoms with van der Waals surface area (Å²) < 4.78 is 14.0. The number of aromatic hydroxyl groups is 1. The Balaban J connectivity index is 2.80. The molecule has 1 aromatic heterocycles. The van der Waals surface area contributed by atoms with E-state index in [1.165, 1.54) is 23.5 Å². The van der Waals surface area contributed by atoms with Crippen molar-refractivity contribution in [1.29, 1.82) is 0 Å². The van der Waals surface area contributed by atoms with Crippen LogP contribution in [0.3, 0.4) is 0 Å². The molecule has 0 aliphatic carbocycles. The van der Waals surface area contributed by atoms with Crippen molar-refractivity contribution >= 4 is 21.4 Å². The second-order valence-electron chi connectivity index (χ2n) is 2.92. The van der Waals surface area contributed by atoms with Gasteiger partial charge in [0.05, 0.1) is 0 Å². The largest absolute Gasteiger partial charge is 0.499 e. The predicted molar refractivity (Wildman–Crippen MR) is 52.8 cm³/mol. The van der Waals surface area contributed by atoms with Crippen molar-refractivity contribution in [3.8, 4) is 5.06 Å². The van der Waals surface area contributed by atoms with Crippen LogP contribution in [0, 0.1) is 5.82 Å². The van der Waals surface area contributed by atoms with E-state index in [4.69, 9.17) is 0 Å². The van der Waals surface area contributed by atoms with Gasteiger partial charge in [-0.15, -0.1) is 0 Å². The minimum atomic E-state index is -0.234. The lowest BCUT2D eigenvalue weighted by molar-refractivity contribution is 0.491. The molecule has 0 radical (unpaired) electrons. The molecular weight excluding hydrogens is 187 g/mol. The van der Waals surface area contributed by atoms with Crippen molar-refractivity contribution in [2.45, 2.75) is 13.3 Å². The summed E-state index contributed by atoms with van der Waals surface area (Å²) >= 11 is 1.30. The summed E-state index contributed by atoms with van der Waals surface area (Å²) in [6.07, 6.45) is 0.786. The Morgan fingerprint density at radius 2 is 2.15 bits per heavy atom. The highest BCUT2D eigenvalue weighted by Gasteiger charge is 2.06. The third-order valence-electron chi connectivity index (χ3n) is 2.03. The second-order valence-corrected chi connectivity index (χ2v) is 3.95. The highest BCUT2D eigenvalue weighted by atomic mass is 32.1. The maximum Gasteiger partial charge on any atom is 0.172 e. The second kappa shape index (κ2) is 3.00. The van der Waals surface area contributed by atoms with Crippen LogP contribution in [0.1, 0.15) is 12.5 Å². The number of fused-ring (bicyclic) bond motifs is 1. The Hall–Kier alpha value is -1.09. The van der Waals surface area contributed by atoms with E-state index in [-0.39, 0.29) is 10.9 Å². The molecule has 0 saturated heterocycles. The predicted octanol–water partition coefficient (Wildman–Crippen LogP) is 3.31. The van der Waals surface area contributed by atoms with Gasteiger partial charge in [0.15, 0.2) is 5.06 Å². The number of hydrogen-bond acceptors (Lipinski definition) is 2. The fourth-order valence-corrected chi connectivity index (χ4v) is 2.40. The summed E-state index contributed by atoms with van der Waals surface area (Å²) in [5, 5.41) is 10.3. The first kappa shape index (κ1) is 8.51. The van der Waals surface area contributed by atoms with Crippen LogP contribution in [0.2, 0.25) is 0 Å². The molecular formula is C10H9FOS. The van der Waals surface area contributed by atoms with Crippen LogP contribution >= 0.6 is 11.3 Å². The first-order valence-electron chi connectivity index (χ1n) is 4.11. The average Bonchev–Trinajstić information content (AvgIpc) is 2.43. The molecule has 68 valence electrons. The lowest BCUT2D eigenvalue weighted by Gasteiger charge is -1.98. The standard InChI is InChI=1S/C10H9FOS/c1-2-6-3-8(11)4-7-5-9(12)13-10(6)7/h3-5,12H,2H2,1H3. The Kier molecular flexibility index (Phi) is 1.96. The Morgan fingerprint density at radius 1 is 1.38 bits per heavy atom. The van der Waals surface area contributed by atoms with E-state index in [0.29, 0.717) is 0 Å². The molecule has 0 saturated carbocycles. The van der Waals surface area contributed by atoms with E-state index in [0.717, 1.165) is 22.1 Å².